The summed E-state index contributed by atoms with van der Waals surface area (Å²) >= 11 is 1.89. The Balaban J connectivity index is 1.41. The Hall–Kier alpha value is -2.47. The highest BCUT2D eigenvalue weighted by Crippen LogP contribution is 2.41. The molecule has 1 unspecified atom stereocenters. The number of carbonyl (C=O) groups excluding carboxylic acids is 2. The van der Waals surface area contributed by atoms with Crippen LogP contribution in [0.1, 0.15) is 41.1 Å². The number of hydrogen-bond acceptors (Lipinski definition) is 4. The average molecular weight is 451 g/mol. The molecule has 2 amide bonds. The van der Waals surface area contributed by atoms with Crippen LogP contribution in [0.3, 0.4) is 0 Å². The largest absolute Gasteiger partial charge is 0.484 e. The van der Waals surface area contributed by atoms with Gasteiger partial charge in [0.15, 0.2) is 6.61 Å². The van der Waals surface area contributed by atoms with Gasteiger partial charge in [0.1, 0.15) is 5.75 Å². The average Bonchev–Trinajstić information content (AvgIpc) is 3.67. The molecule has 1 aliphatic carbocycles. The van der Waals surface area contributed by atoms with E-state index in [0.29, 0.717) is 5.75 Å². The van der Waals surface area contributed by atoms with Gasteiger partial charge in [-0.2, -0.15) is 11.8 Å². The zero-order valence-corrected chi connectivity index (χ0v) is 19.4. The molecule has 0 radical (unpaired) electrons. The fraction of sp³-hybridized carbons (Fsp3) is 0.462. The van der Waals surface area contributed by atoms with E-state index >= 15 is 0 Å². The predicted octanol–water partition coefficient (Wildman–Crippen LogP) is 3.83. The van der Waals surface area contributed by atoms with E-state index in [1.807, 2.05) is 28.8 Å². The summed E-state index contributed by atoms with van der Waals surface area (Å²) in [5, 5.41) is 0. The summed E-state index contributed by atoms with van der Waals surface area (Å²) in [7, 11) is 0. The highest BCUT2D eigenvalue weighted by atomic mass is 32.2. The summed E-state index contributed by atoms with van der Waals surface area (Å²) < 4.78 is 5.95. The third-order valence-corrected chi connectivity index (χ3v) is 7.58. The van der Waals surface area contributed by atoms with E-state index in [2.05, 4.69) is 42.2 Å². The summed E-state index contributed by atoms with van der Waals surface area (Å²) in [5.74, 6) is 3.18. The third-order valence-electron chi connectivity index (χ3n) is 6.64. The molecule has 6 heteroatoms. The number of amides is 2. The van der Waals surface area contributed by atoms with Crippen LogP contribution in [0, 0.1) is 12.8 Å². The van der Waals surface area contributed by atoms with Crippen molar-refractivity contribution >= 4 is 23.6 Å². The Bertz CT molecular complexity index is 1010. The fourth-order valence-corrected chi connectivity index (χ4v) is 5.64. The molecule has 2 aliphatic heterocycles. The van der Waals surface area contributed by atoms with Crippen LogP contribution in [-0.4, -0.2) is 59.4 Å². The van der Waals surface area contributed by atoms with Gasteiger partial charge in [0.05, 0.1) is 6.04 Å². The van der Waals surface area contributed by atoms with Crippen LogP contribution in [0.5, 0.6) is 5.75 Å². The molecule has 0 N–H and O–H groups in total. The van der Waals surface area contributed by atoms with Gasteiger partial charge in [-0.05, 0) is 55.0 Å². The summed E-state index contributed by atoms with van der Waals surface area (Å²) in [6.07, 6.45) is 2.85. The Labute approximate surface area is 194 Å². The molecular weight excluding hydrogens is 420 g/mol. The van der Waals surface area contributed by atoms with Crippen LogP contribution in [-0.2, 0) is 16.0 Å². The summed E-state index contributed by atoms with van der Waals surface area (Å²) in [6.45, 7) is 4.48. The molecule has 0 aromatic heterocycles. The van der Waals surface area contributed by atoms with Crippen molar-refractivity contribution < 1.29 is 14.3 Å². The molecule has 5 rings (SSSR count). The quantitative estimate of drug-likeness (QED) is 0.695. The topological polar surface area (TPSA) is 49.9 Å². The van der Waals surface area contributed by atoms with Crippen molar-refractivity contribution in [1.29, 1.82) is 0 Å². The maximum atomic E-state index is 13.2. The Morgan fingerprint density at radius 3 is 2.62 bits per heavy atom. The maximum absolute atomic E-state index is 13.2. The molecule has 0 spiro atoms. The molecule has 2 fully saturated rings. The molecule has 2 heterocycles. The fourth-order valence-electron chi connectivity index (χ4n) is 4.73. The van der Waals surface area contributed by atoms with Crippen LogP contribution in [0.15, 0.2) is 42.5 Å². The van der Waals surface area contributed by atoms with Crippen molar-refractivity contribution in [2.24, 2.45) is 5.92 Å². The van der Waals surface area contributed by atoms with E-state index in [4.69, 9.17) is 4.74 Å². The molecule has 5 nitrogen and oxygen atoms in total. The van der Waals surface area contributed by atoms with Crippen molar-refractivity contribution in [3.05, 3.63) is 64.7 Å². The molecule has 0 bridgehead atoms. The van der Waals surface area contributed by atoms with Gasteiger partial charge in [0.2, 0.25) is 5.91 Å². The standard InChI is InChI=1S/C26H30N2O3S/c1-18-3-2-4-21(15-18)25-23-16-22(31-17-24(29)27-11-13-32-14-12-27)8-7-19(23)9-10-28(25)26(30)20-5-6-20/h2-4,7-8,15-16,20,25H,5-6,9-14,17H2,1H3. The van der Waals surface area contributed by atoms with E-state index in [-0.39, 0.29) is 30.4 Å². The summed E-state index contributed by atoms with van der Waals surface area (Å²) in [6, 6.07) is 14.5. The molecule has 1 atom stereocenters. The first-order chi connectivity index (χ1) is 15.6. The second-order valence-corrected chi connectivity index (χ2v) is 10.2. The number of aryl methyl sites for hydroxylation is 1. The Morgan fingerprint density at radius 1 is 1.06 bits per heavy atom. The van der Waals surface area contributed by atoms with Gasteiger partial charge < -0.3 is 14.5 Å². The van der Waals surface area contributed by atoms with Gasteiger partial charge in [-0.1, -0.05) is 35.9 Å². The van der Waals surface area contributed by atoms with E-state index in [9.17, 15) is 9.59 Å². The zero-order valence-electron chi connectivity index (χ0n) is 18.6. The Kier molecular flexibility index (Phi) is 6.13. The minimum atomic E-state index is -0.106. The SMILES string of the molecule is Cc1cccc(C2c3cc(OCC(=O)N4CCSCC4)ccc3CCN2C(=O)C2CC2)c1. The van der Waals surface area contributed by atoms with Crippen LogP contribution in [0.25, 0.3) is 0 Å². The van der Waals surface area contributed by atoms with Gasteiger partial charge in [-0.15, -0.1) is 0 Å². The first-order valence-corrected chi connectivity index (χ1v) is 12.7. The number of fused-ring (bicyclic) bond motifs is 1. The molecule has 2 aromatic carbocycles. The van der Waals surface area contributed by atoms with E-state index in [1.54, 1.807) is 0 Å². The number of ether oxygens (including phenoxy) is 1. The monoisotopic (exact) mass is 450 g/mol. The number of thioether (sulfide) groups is 1. The second kappa shape index (κ2) is 9.18. The van der Waals surface area contributed by atoms with E-state index in [0.717, 1.165) is 61.5 Å². The minimum Gasteiger partial charge on any atom is -0.484 e. The first-order valence-electron chi connectivity index (χ1n) is 11.6. The van der Waals surface area contributed by atoms with Gasteiger partial charge >= 0.3 is 0 Å². The van der Waals surface area contributed by atoms with Crippen LogP contribution >= 0.6 is 11.8 Å². The second-order valence-electron chi connectivity index (χ2n) is 9.02. The lowest BCUT2D eigenvalue weighted by Gasteiger charge is -2.38. The first kappa shape index (κ1) is 21.4. The maximum Gasteiger partial charge on any atom is 0.260 e. The highest BCUT2D eigenvalue weighted by Gasteiger charge is 2.39. The van der Waals surface area contributed by atoms with Gasteiger partial charge in [0, 0.05) is 37.1 Å². The van der Waals surface area contributed by atoms with Crippen molar-refractivity contribution in [3.63, 3.8) is 0 Å². The molecular formula is C26H30N2O3S. The predicted molar refractivity (Wildman–Crippen MR) is 127 cm³/mol. The van der Waals surface area contributed by atoms with Crippen molar-refractivity contribution in [3.8, 4) is 5.75 Å². The normalized spacial score (nSPS) is 20.6. The van der Waals surface area contributed by atoms with Gasteiger partial charge in [0.25, 0.3) is 5.91 Å². The molecule has 2 aromatic rings. The number of rotatable bonds is 5. The smallest absolute Gasteiger partial charge is 0.260 e. The van der Waals surface area contributed by atoms with Crippen LogP contribution < -0.4 is 4.74 Å². The molecule has 32 heavy (non-hydrogen) atoms. The molecule has 1 saturated heterocycles. The minimum absolute atomic E-state index is 0.0452. The third kappa shape index (κ3) is 4.51. The zero-order chi connectivity index (χ0) is 22.1. The highest BCUT2D eigenvalue weighted by molar-refractivity contribution is 7.99. The van der Waals surface area contributed by atoms with Crippen molar-refractivity contribution in [2.45, 2.75) is 32.2 Å². The number of hydrogen-bond donors (Lipinski definition) is 0. The molecule has 3 aliphatic rings. The van der Waals surface area contributed by atoms with Gasteiger partial charge in [-0.3, -0.25) is 9.59 Å². The van der Waals surface area contributed by atoms with Crippen LogP contribution in [0.4, 0.5) is 0 Å². The molecule has 168 valence electrons. The van der Waals surface area contributed by atoms with E-state index < -0.39 is 0 Å². The summed E-state index contributed by atoms with van der Waals surface area (Å²) in [5.41, 5.74) is 4.70. The van der Waals surface area contributed by atoms with Crippen molar-refractivity contribution in [1.82, 2.24) is 9.80 Å². The number of benzene rings is 2. The molecule has 1 saturated carbocycles. The Morgan fingerprint density at radius 2 is 1.88 bits per heavy atom. The lowest BCUT2D eigenvalue weighted by molar-refractivity contribution is -0.134. The lowest BCUT2D eigenvalue weighted by atomic mass is 9.87. The number of nitrogens with zero attached hydrogens (tertiary/aromatic N) is 2. The van der Waals surface area contributed by atoms with Crippen molar-refractivity contribution in [2.75, 3.05) is 37.7 Å². The lowest BCUT2D eigenvalue weighted by Crippen LogP contribution is -2.41. The van der Waals surface area contributed by atoms with Gasteiger partial charge in [-0.25, -0.2) is 0 Å². The van der Waals surface area contributed by atoms with E-state index in [1.165, 1.54) is 11.1 Å². The summed E-state index contributed by atoms with van der Waals surface area (Å²) in [4.78, 5) is 29.7. The number of carbonyl (C=O) groups is 2. The van der Waals surface area contributed by atoms with Crippen LogP contribution in [0.2, 0.25) is 0 Å².